The van der Waals surface area contributed by atoms with Crippen LogP contribution < -0.4 is 0 Å². The number of benzene rings is 1. The standard InChI is InChI=1S/C10H10Cl2OS/c1-14-3-2-10(13)7-4-8(11)6-9(12)5-7/h4-6H,2-3H2,1H3. The van der Waals surface area contributed by atoms with E-state index in [4.69, 9.17) is 23.2 Å². The number of hydrogen-bond donors (Lipinski definition) is 0. The molecule has 76 valence electrons. The van der Waals surface area contributed by atoms with Gasteiger partial charge in [-0.25, -0.2) is 0 Å². The Morgan fingerprint density at radius 2 is 1.86 bits per heavy atom. The fourth-order valence-electron chi connectivity index (χ4n) is 1.05. The van der Waals surface area contributed by atoms with Gasteiger partial charge in [0.05, 0.1) is 0 Å². The summed E-state index contributed by atoms with van der Waals surface area (Å²) in [6.07, 6.45) is 2.50. The highest BCUT2D eigenvalue weighted by Crippen LogP contribution is 2.20. The number of halogens is 2. The molecule has 0 aliphatic carbocycles. The Morgan fingerprint density at radius 1 is 1.29 bits per heavy atom. The molecule has 1 nitrogen and oxygen atoms in total. The van der Waals surface area contributed by atoms with E-state index in [1.165, 1.54) is 0 Å². The van der Waals surface area contributed by atoms with Gasteiger partial charge in [-0.15, -0.1) is 0 Å². The summed E-state index contributed by atoms with van der Waals surface area (Å²) in [4.78, 5) is 11.6. The normalized spacial score (nSPS) is 10.2. The molecule has 14 heavy (non-hydrogen) atoms. The summed E-state index contributed by atoms with van der Waals surface area (Å²) < 4.78 is 0. The Morgan fingerprint density at radius 3 is 2.36 bits per heavy atom. The molecule has 0 saturated carbocycles. The van der Waals surface area contributed by atoms with Crippen LogP contribution >= 0.6 is 35.0 Å². The van der Waals surface area contributed by atoms with Crippen LogP contribution in [0.5, 0.6) is 0 Å². The van der Waals surface area contributed by atoms with Crippen molar-refractivity contribution in [1.29, 1.82) is 0 Å². The average Bonchev–Trinajstić information content (AvgIpc) is 2.12. The zero-order chi connectivity index (χ0) is 10.6. The molecule has 1 aromatic rings. The van der Waals surface area contributed by atoms with Gasteiger partial charge in [0.2, 0.25) is 0 Å². The van der Waals surface area contributed by atoms with Crippen LogP contribution in [0.4, 0.5) is 0 Å². The molecular formula is C10H10Cl2OS. The largest absolute Gasteiger partial charge is 0.294 e. The highest BCUT2D eigenvalue weighted by atomic mass is 35.5. The quantitative estimate of drug-likeness (QED) is 0.752. The van der Waals surface area contributed by atoms with Crippen molar-refractivity contribution in [1.82, 2.24) is 0 Å². The zero-order valence-electron chi connectivity index (χ0n) is 7.72. The molecule has 0 aromatic heterocycles. The predicted molar refractivity (Wildman–Crippen MR) is 63.8 cm³/mol. The average molecular weight is 249 g/mol. The molecule has 0 radical (unpaired) electrons. The van der Waals surface area contributed by atoms with Crippen molar-refractivity contribution in [3.05, 3.63) is 33.8 Å². The van der Waals surface area contributed by atoms with Crippen molar-refractivity contribution < 1.29 is 4.79 Å². The van der Waals surface area contributed by atoms with E-state index < -0.39 is 0 Å². The van der Waals surface area contributed by atoms with Gasteiger partial charge >= 0.3 is 0 Å². The van der Waals surface area contributed by atoms with Gasteiger partial charge in [-0.1, -0.05) is 23.2 Å². The minimum absolute atomic E-state index is 0.0868. The maximum atomic E-state index is 11.6. The lowest BCUT2D eigenvalue weighted by Gasteiger charge is -2.01. The number of carbonyl (C=O) groups excluding carboxylic acids is 1. The number of hydrogen-bond acceptors (Lipinski definition) is 2. The molecule has 0 N–H and O–H groups in total. The lowest BCUT2D eigenvalue weighted by molar-refractivity contribution is 0.0989. The first kappa shape index (κ1) is 11.9. The van der Waals surface area contributed by atoms with Gasteiger partial charge in [0.15, 0.2) is 5.78 Å². The number of carbonyl (C=O) groups is 1. The van der Waals surface area contributed by atoms with E-state index in [0.29, 0.717) is 22.0 Å². The van der Waals surface area contributed by atoms with E-state index in [-0.39, 0.29) is 5.78 Å². The van der Waals surface area contributed by atoms with Crippen LogP contribution in [0, 0.1) is 0 Å². The molecule has 1 rings (SSSR count). The number of thioether (sulfide) groups is 1. The van der Waals surface area contributed by atoms with E-state index >= 15 is 0 Å². The number of Topliss-reactive ketones (excluding diaryl/α,β-unsaturated/α-hetero) is 1. The first-order valence-corrected chi connectivity index (χ1v) is 6.26. The first-order chi connectivity index (χ1) is 6.63. The van der Waals surface area contributed by atoms with Crippen LogP contribution in [0.1, 0.15) is 16.8 Å². The Labute approximate surface area is 97.8 Å². The molecule has 0 bridgehead atoms. The minimum atomic E-state index is 0.0868. The van der Waals surface area contributed by atoms with Crippen molar-refractivity contribution in [2.24, 2.45) is 0 Å². The van der Waals surface area contributed by atoms with Gasteiger partial charge in [-0.2, -0.15) is 11.8 Å². The van der Waals surface area contributed by atoms with Crippen LogP contribution in [-0.4, -0.2) is 17.8 Å². The zero-order valence-corrected chi connectivity index (χ0v) is 10.0. The molecule has 1 aromatic carbocycles. The SMILES string of the molecule is CSCCC(=O)c1cc(Cl)cc(Cl)c1. The van der Waals surface area contributed by atoms with Gasteiger partial charge in [-0.3, -0.25) is 4.79 Å². The molecule has 0 amide bonds. The maximum Gasteiger partial charge on any atom is 0.163 e. The van der Waals surface area contributed by atoms with Gasteiger partial charge in [0.25, 0.3) is 0 Å². The second-order valence-electron chi connectivity index (χ2n) is 2.82. The van der Waals surface area contributed by atoms with Crippen LogP contribution in [0.2, 0.25) is 10.0 Å². The molecule has 4 heteroatoms. The van der Waals surface area contributed by atoms with E-state index in [1.54, 1.807) is 30.0 Å². The van der Waals surface area contributed by atoms with Gasteiger partial charge in [-0.05, 0) is 24.5 Å². The second kappa shape index (κ2) is 5.64. The third kappa shape index (κ3) is 3.52. The predicted octanol–water partition coefficient (Wildman–Crippen LogP) is 3.93. The summed E-state index contributed by atoms with van der Waals surface area (Å²) in [5.41, 5.74) is 0.594. The van der Waals surface area contributed by atoms with E-state index in [2.05, 4.69) is 0 Å². The second-order valence-corrected chi connectivity index (χ2v) is 4.68. The number of rotatable bonds is 4. The molecular weight excluding hydrogens is 239 g/mol. The molecule has 0 aliphatic heterocycles. The topological polar surface area (TPSA) is 17.1 Å². The van der Waals surface area contributed by atoms with Crippen LogP contribution in [0.25, 0.3) is 0 Å². The summed E-state index contributed by atoms with van der Waals surface area (Å²) in [5, 5.41) is 1.01. The molecule has 0 aliphatic rings. The van der Waals surface area contributed by atoms with Crippen molar-refractivity contribution in [3.8, 4) is 0 Å². The van der Waals surface area contributed by atoms with Gasteiger partial charge in [0, 0.05) is 27.8 Å². The monoisotopic (exact) mass is 248 g/mol. The van der Waals surface area contributed by atoms with Crippen LogP contribution in [-0.2, 0) is 0 Å². The number of ketones is 1. The Bertz CT molecular complexity index is 319. The van der Waals surface area contributed by atoms with Crippen molar-refractivity contribution >= 4 is 40.7 Å². The van der Waals surface area contributed by atoms with Crippen LogP contribution in [0.15, 0.2) is 18.2 Å². The first-order valence-electron chi connectivity index (χ1n) is 4.11. The smallest absolute Gasteiger partial charge is 0.163 e. The van der Waals surface area contributed by atoms with Gasteiger partial charge < -0.3 is 0 Å². The van der Waals surface area contributed by atoms with E-state index in [0.717, 1.165) is 5.75 Å². The third-order valence-corrected chi connectivity index (χ3v) is 2.77. The van der Waals surface area contributed by atoms with Crippen molar-refractivity contribution in [2.75, 3.05) is 12.0 Å². The lowest BCUT2D eigenvalue weighted by Crippen LogP contribution is -2.00. The fraction of sp³-hybridized carbons (Fsp3) is 0.300. The summed E-state index contributed by atoms with van der Waals surface area (Å²) in [6.45, 7) is 0. The van der Waals surface area contributed by atoms with Crippen LogP contribution in [0.3, 0.4) is 0 Å². The van der Waals surface area contributed by atoms with E-state index in [1.807, 2.05) is 6.26 Å². The summed E-state index contributed by atoms with van der Waals surface area (Å²) in [6, 6.07) is 4.92. The highest BCUT2D eigenvalue weighted by molar-refractivity contribution is 7.98. The maximum absolute atomic E-state index is 11.6. The lowest BCUT2D eigenvalue weighted by atomic mass is 10.1. The molecule has 0 heterocycles. The fourth-order valence-corrected chi connectivity index (χ4v) is 1.97. The van der Waals surface area contributed by atoms with Gasteiger partial charge in [0.1, 0.15) is 0 Å². The Balaban J connectivity index is 2.79. The summed E-state index contributed by atoms with van der Waals surface area (Å²) in [5.74, 6) is 0.909. The molecule has 0 atom stereocenters. The highest BCUT2D eigenvalue weighted by Gasteiger charge is 2.07. The Hall–Kier alpha value is -0.180. The van der Waals surface area contributed by atoms with Crippen molar-refractivity contribution in [2.45, 2.75) is 6.42 Å². The van der Waals surface area contributed by atoms with E-state index in [9.17, 15) is 4.79 Å². The molecule has 0 saturated heterocycles. The Kier molecular flexibility index (Phi) is 4.79. The van der Waals surface area contributed by atoms with Crippen molar-refractivity contribution in [3.63, 3.8) is 0 Å². The molecule has 0 fully saturated rings. The summed E-state index contributed by atoms with van der Waals surface area (Å²) in [7, 11) is 0. The minimum Gasteiger partial charge on any atom is -0.294 e. The molecule has 0 unspecified atom stereocenters. The molecule has 0 spiro atoms. The third-order valence-electron chi connectivity index (χ3n) is 1.72. The summed E-state index contributed by atoms with van der Waals surface area (Å²) >= 11 is 13.2.